The van der Waals surface area contributed by atoms with Crippen LogP contribution in [0.5, 0.6) is 5.75 Å². The maximum absolute atomic E-state index is 14.7. The van der Waals surface area contributed by atoms with Crippen LogP contribution in [-0.4, -0.2) is 20.7 Å². The van der Waals surface area contributed by atoms with Gasteiger partial charge in [0.1, 0.15) is 11.3 Å². The molecule has 0 aliphatic carbocycles. The fraction of sp³-hybridized carbons (Fsp3) is 0. The van der Waals surface area contributed by atoms with Crippen molar-refractivity contribution in [2.45, 2.75) is 0 Å². The number of nitrogens with zero attached hydrogens (tertiary/aromatic N) is 1. The predicted molar refractivity (Wildman–Crippen MR) is 86.1 cm³/mol. The minimum Gasteiger partial charge on any atom is -0.508 e. The number of carbonyl (C=O) groups is 1. The maximum atomic E-state index is 14.7. The lowest BCUT2D eigenvalue weighted by Crippen LogP contribution is -2.22. The summed E-state index contributed by atoms with van der Waals surface area (Å²) in [6, 6.07) is 14.1. The summed E-state index contributed by atoms with van der Waals surface area (Å²) in [4.78, 5) is 23.3. The Kier molecular flexibility index (Phi) is 3.87. The van der Waals surface area contributed by atoms with Gasteiger partial charge in [-0.3, -0.25) is 4.79 Å². The van der Waals surface area contributed by atoms with Crippen LogP contribution >= 0.6 is 0 Å². The number of hydrogen-bond acceptors (Lipinski definition) is 3. The number of hydrogen-bond donors (Lipinski definition) is 2. The van der Waals surface area contributed by atoms with Gasteiger partial charge in [0.15, 0.2) is 5.82 Å². The molecule has 2 N–H and O–H groups in total. The first-order valence-electron chi connectivity index (χ1n) is 7.02. The van der Waals surface area contributed by atoms with Crippen LogP contribution in [-0.2, 0) is 0 Å². The molecule has 0 amide bonds. The number of aromatic nitrogens is 1. The Bertz CT molecular complexity index is 963. The summed E-state index contributed by atoms with van der Waals surface area (Å²) in [5.41, 5.74) is -1.04. The number of phenolic OH excluding ortho intramolecular Hbond substituents is 1. The molecule has 1 heterocycles. The van der Waals surface area contributed by atoms with Crippen LogP contribution < -0.4 is 5.43 Å². The lowest BCUT2D eigenvalue weighted by Gasteiger charge is -2.16. The first kappa shape index (κ1) is 15.5. The number of phenols is 1. The van der Waals surface area contributed by atoms with Gasteiger partial charge in [-0.15, -0.1) is 0 Å². The van der Waals surface area contributed by atoms with Crippen LogP contribution in [0.25, 0.3) is 16.9 Å². The van der Waals surface area contributed by atoms with Crippen LogP contribution in [0.1, 0.15) is 10.4 Å². The minimum absolute atomic E-state index is 0.0139. The fourth-order valence-corrected chi connectivity index (χ4v) is 2.41. The van der Waals surface area contributed by atoms with Gasteiger partial charge >= 0.3 is 5.97 Å². The van der Waals surface area contributed by atoms with Crippen molar-refractivity contribution < 1.29 is 19.4 Å². The van der Waals surface area contributed by atoms with E-state index in [1.54, 1.807) is 30.3 Å². The Morgan fingerprint density at radius 2 is 1.62 bits per heavy atom. The van der Waals surface area contributed by atoms with Gasteiger partial charge in [-0.25, -0.2) is 9.18 Å². The van der Waals surface area contributed by atoms with Crippen LogP contribution in [0.2, 0.25) is 0 Å². The van der Waals surface area contributed by atoms with Crippen LogP contribution in [0.15, 0.2) is 65.6 Å². The lowest BCUT2D eigenvalue weighted by atomic mass is 10.1. The van der Waals surface area contributed by atoms with E-state index >= 15 is 0 Å². The predicted octanol–water partition coefficient (Wildman–Crippen LogP) is 3.05. The Morgan fingerprint density at radius 1 is 1.00 bits per heavy atom. The normalized spacial score (nSPS) is 10.5. The lowest BCUT2D eigenvalue weighted by molar-refractivity contribution is 0.0694. The average Bonchev–Trinajstić information content (AvgIpc) is 2.58. The van der Waals surface area contributed by atoms with E-state index in [2.05, 4.69) is 0 Å². The number of aromatic hydroxyl groups is 1. The van der Waals surface area contributed by atoms with E-state index in [4.69, 9.17) is 5.11 Å². The van der Waals surface area contributed by atoms with Crippen molar-refractivity contribution >= 4 is 5.97 Å². The second-order valence-corrected chi connectivity index (χ2v) is 5.09. The number of carboxylic acid groups (broad SMARTS) is 1. The third kappa shape index (κ3) is 2.65. The number of carboxylic acids is 1. The molecular weight excluding hydrogens is 313 g/mol. The third-order valence-electron chi connectivity index (χ3n) is 3.56. The van der Waals surface area contributed by atoms with Gasteiger partial charge in [-0.05, 0) is 24.3 Å². The Hall–Kier alpha value is -3.41. The highest BCUT2D eigenvalue weighted by molar-refractivity contribution is 5.88. The molecule has 1 aromatic heterocycles. The number of halogens is 1. The SMILES string of the molecule is O=C(O)c1cn(-c2ccc(O)cc2)c(-c2ccccc2)c(F)c1=O. The molecule has 0 fully saturated rings. The van der Waals surface area contributed by atoms with Crippen LogP contribution in [0.4, 0.5) is 4.39 Å². The fourth-order valence-electron chi connectivity index (χ4n) is 2.41. The molecule has 3 rings (SSSR count). The van der Waals surface area contributed by atoms with E-state index < -0.39 is 22.8 Å². The molecule has 0 unspecified atom stereocenters. The van der Waals surface area contributed by atoms with Crippen molar-refractivity contribution in [1.82, 2.24) is 4.57 Å². The standard InChI is InChI=1S/C18H12FNO4/c19-15-16(11-4-2-1-3-5-11)20(10-14(17(15)22)18(23)24)12-6-8-13(21)9-7-12/h1-10,21H,(H,23,24). The molecular formula is C18H12FNO4. The summed E-state index contributed by atoms with van der Waals surface area (Å²) in [7, 11) is 0. The van der Waals surface area contributed by atoms with Crippen molar-refractivity contribution in [2.24, 2.45) is 0 Å². The average molecular weight is 325 g/mol. The van der Waals surface area contributed by atoms with E-state index in [0.29, 0.717) is 11.3 Å². The van der Waals surface area contributed by atoms with Gasteiger partial charge in [-0.2, -0.15) is 0 Å². The second-order valence-electron chi connectivity index (χ2n) is 5.09. The zero-order valence-electron chi connectivity index (χ0n) is 12.3. The zero-order chi connectivity index (χ0) is 17.3. The van der Waals surface area contributed by atoms with Gasteiger partial charge in [0.2, 0.25) is 5.43 Å². The Balaban J connectivity index is 2.38. The molecule has 0 aliphatic rings. The molecule has 120 valence electrons. The van der Waals surface area contributed by atoms with Gasteiger partial charge in [0.25, 0.3) is 0 Å². The third-order valence-corrected chi connectivity index (χ3v) is 3.56. The molecule has 0 bridgehead atoms. The highest BCUT2D eigenvalue weighted by Crippen LogP contribution is 2.26. The summed E-state index contributed by atoms with van der Waals surface area (Å²) >= 11 is 0. The monoisotopic (exact) mass is 325 g/mol. The number of pyridine rings is 1. The van der Waals surface area contributed by atoms with E-state index in [1.165, 1.54) is 28.8 Å². The quantitative estimate of drug-likeness (QED) is 0.776. The molecule has 6 heteroatoms. The minimum atomic E-state index is -1.51. The van der Waals surface area contributed by atoms with Crippen molar-refractivity contribution in [2.75, 3.05) is 0 Å². The Morgan fingerprint density at radius 3 is 2.21 bits per heavy atom. The van der Waals surface area contributed by atoms with E-state index in [0.717, 1.165) is 6.20 Å². The molecule has 2 aromatic carbocycles. The van der Waals surface area contributed by atoms with E-state index in [1.807, 2.05) is 0 Å². The van der Waals surface area contributed by atoms with Crippen LogP contribution in [0, 0.1) is 5.82 Å². The van der Waals surface area contributed by atoms with E-state index in [9.17, 15) is 19.1 Å². The molecule has 0 spiro atoms. The smallest absolute Gasteiger partial charge is 0.341 e. The highest BCUT2D eigenvalue weighted by atomic mass is 19.1. The molecule has 3 aromatic rings. The van der Waals surface area contributed by atoms with E-state index in [-0.39, 0.29) is 11.4 Å². The highest BCUT2D eigenvalue weighted by Gasteiger charge is 2.21. The van der Waals surface area contributed by atoms with Gasteiger partial charge in [-0.1, -0.05) is 30.3 Å². The van der Waals surface area contributed by atoms with Crippen molar-refractivity contribution in [1.29, 1.82) is 0 Å². The summed E-state index contributed by atoms with van der Waals surface area (Å²) < 4.78 is 16.0. The van der Waals surface area contributed by atoms with Crippen molar-refractivity contribution in [3.8, 4) is 22.7 Å². The van der Waals surface area contributed by atoms with Gasteiger partial charge in [0.05, 0.1) is 5.69 Å². The van der Waals surface area contributed by atoms with Crippen LogP contribution in [0.3, 0.4) is 0 Å². The molecule has 0 saturated carbocycles. The topological polar surface area (TPSA) is 79.5 Å². The molecule has 0 atom stereocenters. The van der Waals surface area contributed by atoms with Crippen molar-refractivity contribution in [3.05, 3.63) is 82.4 Å². The number of rotatable bonds is 3. The molecule has 0 saturated heterocycles. The summed E-state index contributed by atoms with van der Waals surface area (Å²) in [6.07, 6.45) is 1.09. The largest absolute Gasteiger partial charge is 0.508 e. The summed E-state index contributed by atoms with van der Waals surface area (Å²) in [5, 5.41) is 18.6. The van der Waals surface area contributed by atoms with Gasteiger partial charge in [0, 0.05) is 17.4 Å². The zero-order valence-corrected chi connectivity index (χ0v) is 12.3. The Labute approximate surface area is 135 Å². The summed E-state index contributed by atoms with van der Waals surface area (Å²) in [5.74, 6) is -2.64. The second kappa shape index (κ2) is 6.00. The molecule has 5 nitrogen and oxygen atoms in total. The molecule has 0 aliphatic heterocycles. The first-order chi connectivity index (χ1) is 11.5. The molecule has 24 heavy (non-hydrogen) atoms. The number of benzene rings is 2. The molecule has 0 radical (unpaired) electrons. The first-order valence-corrected chi connectivity index (χ1v) is 7.02. The van der Waals surface area contributed by atoms with Crippen molar-refractivity contribution in [3.63, 3.8) is 0 Å². The summed E-state index contributed by atoms with van der Waals surface area (Å²) in [6.45, 7) is 0. The number of aromatic carboxylic acids is 1. The van der Waals surface area contributed by atoms with Gasteiger partial charge < -0.3 is 14.8 Å². The maximum Gasteiger partial charge on any atom is 0.341 e.